The molecule has 1 amide bonds. The van der Waals surface area contributed by atoms with Crippen molar-refractivity contribution < 1.29 is 9.53 Å². The van der Waals surface area contributed by atoms with E-state index in [4.69, 9.17) is 4.74 Å². The van der Waals surface area contributed by atoms with Crippen LogP contribution in [0.1, 0.15) is 31.2 Å². The van der Waals surface area contributed by atoms with Crippen LogP contribution >= 0.6 is 0 Å². The lowest BCUT2D eigenvalue weighted by atomic mass is 10.0. The third-order valence-electron chi connectivity index (χ3n) is 3.39. The highest BCUT2D eigenvalue weighted by Gasteiger charge is 2.12. The molecule has 1 aromatic carbocycles. The van der Waals surface area contributed by atoms with Gasteiger partial charge in [0.25, 0.3) is 0 Å². The normalized spacial score (nSPS) is 18.8. The van der Waals surface area contributed by atoms with Gasteiger partial charge in [-0.15, -0.1) is 0 Å². The predicted octanol–water partition coefficient (Wildman–Crippen LogP) is 2.45. The van der Waals surface area contributed by atoms with Crippen molar-refractivity contribution in [3.63, 3.8) is 0 Å². The average Bonchev–Trinajstić information content (AvgIpc) is 2.47. The Morgan fingerprint density at radius 1 is 1.32 bits per heavy atom. The van der Waals surface area contributed by atoms with E-state index in [1.54, 1.807) is 0 Å². The van der Waals surface area contributed by atoms with E-state index in [1.807, 2.05) is 30.3 Å². The summed E-state index contributed by atoms with van der Waals surface area (Å²) in [5.41, 5.74) is 1.01. The first-order valence-electron chi connectivity index (χ1n) is 7.02. The topological polar surface area (TPSA) is 50.4 Å². The molecule has 1 atom stereocenters. The zero-order valence-corrected chi connectivity index (χ0v) is 11.2. The summed E-state index contributed by atoms with van der Waals surface area (Å²) < 4.78 is 5.15. The lowest BCUT2D eigenvalue weighted by Crippen LogP contribution is -2.37. The van der Waals surface area contributed by atoms with E-state index in [0.29, 0.717) is 19.2 Å². The summed E-state index contributed by atoms with van der Waals surface area (Å²) in [5.74, 6) is 0. The summed E-state index contributed by atoms with van der Waals surface area (Å²) in [6.07, 6.45) is 4.40. The van der Waals surface area contributed by atoms with Crippen molar-refractivity contribution in [1.29, 1.82) is 0 Å². The van der Waals surface area contributed by atoms with Crippen LogP contribution in [0.25, 0.3) is 0 Å². The maximum atomic E-state index is 11.5. The minimum absolute atomic E-state index is 0.328. The second-order valence-electron chi connectivity index (χ2n) is 4.92. The van der Waals surface area contributed by atoms with Gasteiger partial charge in [0, 0.05) is 12.6 Å². The Morgan fingerprint density at radius 3 is 2.89 bits per heavy atom. The summed E-state index contributed by atoms with van der Waals surface area (Å²) in [6.45, 7) is 2.10. The molecule has 0 unspecified atom stereocenters. The van der Waals surface area contributed by atoms with Gasteiger partial charge in [-0.25, -0.2) is 4.79 Å². The van der Waals surface area contributed by atoms with E-state index in [9.17, 15) is 4.79 Å². The fourth-order valence-corrected chi connectivity index (χ4v) is 2.29. The van der Waals surface area contributed by atoms with Crippen molar-refractivity contribution in [2.24, 2.45) is 0 Å². The molecule has 0 saturated carbocycles. The van der Waals surface area contributed by atoms with Crippen molar-refractivity contribution in [2.75, 3.05) is 13.1 Å². The van der Waals surface area contributed by atoms with Gasteiger partial charge in [-0.05, 0) is 31.4 Å². The molecule has 19 heavy (non-hydrogen) atoms. The number of benzene rings is 1. The van der Waals surface area contributed by atoms with Gasteiger partial charge in [0.05, 0.1) is 0 Å². The van der Waals surface area contributed by atoms with E-state index < -0.39 is 0 Å². The monoisotopic (exact) mass is 262 g/mol. The number of amides is 1. The fraction of sp³-hybridized carbons (Fsp3) is 0.533. The number of piperidine rings is 1. The second-order valence-corrected chi connectivity index (χ2v) is 4.92. The van der Waals surface area contributed by atoms with Crippen LogP contribution in [0.5, 0.6) is 0 Å². The average molecular weight is 262 g/mol. The Balaban J connectivity index is 1.57. The van der Waals surface area contributed by atoms with Gasteiger partial charge >= 0.3 is 6.09 Å². The first-order valence-corrected chi connectivity index (χ1v) is 7.02. The lowest BCUT2D eigenvalue weighted by molar-refractivity contribution is 0.139. The Morgan fingerprint density at radius 2 is 2.16 bits per heavy atom. The molecule has 0 radical (unpaired) electrons. The number of hydrogen-bond acceptors (Lipinski definition) is 3. The molecule has 0 aliphatic carbocycles. The van der Waals surface area contributed by atoms with Crippen LogP contribution in [-0.4, -0.2) is 25.2 Å². The number of alkyl carbamates (subject to hydrolysis) is 1. The Hall–Kier alpha value is -1.55. The Kier molecular flexibility index (Phi) is 5.69. The van der Waals surface area contributed by atoms with Crippen molar-refractivity contribution in [3.8, 4) is 0 Å². The zero-order valence-electron chi connectivity index (χ0n) is 11.2. The maximum Gasteiger partial charge on any atom is 0.407 e. The Labute approximate surface area is 114 Å². The van der Waals surface area contributed by atoms with E-state index in [-0.39, 0.29) is 6.09 Å². The molecule has 2 N–H and O–H groups in total. The predicted molar refractivity (Wildman–Crippen MR) is 74.9 cm³/mol. The summed E-state index contributed by atoms with van der Waals surface area (Å²) in [4.78, 5) is 11.5. The number of rotatable bonds is 5. The largest absolute Gasteiger partial charge is 0.445 e. The van der Waals surface area contributed by atoms with Crippen LogP contribution in [0.2, 0.25) is 0 Å². The minimum atomic E-state index is -0.334. The van der Waals surface area contributed by atoms with E-state index in [2.05, 4.69) is 10.6 Å². The molecule has 0 spiro atoms. The smallest absolute Gasteiger partial charge is 0.407 e. The minimum Gasteiger partial charge on any atom is -0.445 e. The summed E-state index contributed by atoms with van der Waals surface area (Å²) in [6, 6.07) is 10.2. The van der Waals surface area contributed by atoms with Crippen molar-refractivity contribution in [2.45, 2.75) is 38.3 Å². The fourth-order valence-electron chi connectivity index (χ4n) is 2.29. The van der Waals surface area contributed by atoms with Crippen LogP contribution in [0, 0.1) is 0 Å². The first kappa shape index (κ1) is 13.9. The van der Waals surface area contributed by atoms with E-state index in [1.165, 1.54) is 19.3 Å². The van der Waals surface area contributed by atoms with Crippen LogP contribution < -0.4 is 10.6 Å². The number of carbonyl (C=O) groups is 1. The molecule has 0 aromatic heterocycles. The highest BCUT2D eigenvalue weighted by molar-refractivity contribution is 5.67. The van der Waals surface area contributed by atoms with Crippen LogP contribution in [0.4, 0.5) is 4.79 Å². The molecule has 1 aliphatic rings. The summed E-state index contributed by atoms with van der Waals surface area (Å²) in [7, 11) is 0. The lowest BCUT2D eigenvalue weighted by Gasteiger charge is -2.23. The number of carbonyl (C=O) groups excluding carboxylic acids is 1. The van der Waals surface area contributed by atoms with E-state index in [0.717, 1.165) is 18.5 Å². The summed E-state index contributed by atoms with van der Waals surface area (Å²) >= 11 is 0. The highest BCUT2D eigenvalue weighted by atomic mass is 16.5. The number of hydrogen-bond donors (Lipinski definition) is 2. The summed E-state index contributed by atoms with van der Waals surface area (Å²) in [5, 5.41) is 6.26. The molecule has 1 fully saturated rings. The maximum absolute atomic E-state index is 11.5. The molecular formula is C15H22N2O2. The second kappa shape index (κ2) is 7.79. The van der Waals surface area contributed by atoms with Gasteiger partial charge in [0.1, 0.15) is 6.61 Å². The molecule has 1 aromatic rings. The van der Waals surface area contributed by atoms with Crippen molar-refractivity contribution in [3.05, 3.63) is 35.9 Å². The zero-order chi connectivity index (χ0) is 13.3. The van der Waals surface area contributed by atoms with Gasteiger partial charge in [0.15, 0.2) is 0 Å². The van der Waals surface area contributed by atoms with Gasteiger partial charge in [0.2, 0.25) is 0 Å². The van der Waals surface area contributed by atoms with Crippen LogP contribution in [0.3, 0.4) is 0 Å². The van der Waals surface area contributed by atoms with Gasteiger partial charge in [-0.3, -0.25) is 0 Å². The molecule has 1 saturated heterocycles. The number of nitrogens with one attached hydrogen (secondary N) is 2. The molecule has 0 bridgehead atoms. The third-order valence-corrected chi connectivity index (χ3v) is 3.39. The molecule has 2 rings (SSSR count). The molecular weight excluding hydrogens is 240 g/mol. The van der Waals surface area contributed by atoms with E-state index >= 15 is 0 Å². The quantitative estimate of drug-likeness (QED) is 0.857. The highest BCUT2D eigenvalue weighted by Crippen LogP contribution is 2.09. The van der Waals surface area contributed by atoms with Crippen molar-refractivity contribution in [1.82, 2.24) is 10.6 Å². The van der Waals surface area contributed by atoms with Gasteiger partial charge in [-0.2, -0.15) is 0 Å². The molecule has 4 nitrogen and oxygen atoms in total. The molecule has 4 heteroatoms. The Bertz CT molecular complexity index is 375. The van der Waals surface area contributed by atoms with Gasteiger partial charge < -0.3 is 15.4 Å². The molecule has 1 aliphatic heterocycles. The number of ether oxygens (including phenoxy) is 1. The SMILES string of the molecule is O=C(NCC[C@H]1CCCCN1)OCc1ccccc1. The molecule has 1 heterocycles. The first-order chi connectivity index (χ1) is 9.34. The standard InChI is InChI=1S/C15H22N2O2/c18-15(19-12-13-6-2-1-3-7-13)17-11-9-14-8-4-5-10-16-14/h1-3,6-7,14,16H,4-5,8-12H2,(H,17,18)/t14-/m1/s1. The molecule has 104 valence electrons. The third kappa shape index (κ3) is 5.30. The van der Waals surface area contributed by atoms with Crippen molar-refractivity contribution >= 4 is 6.09 Å². The van der Waals surface area contributed by atoms with Crippen LogP contribution in [-0.2, 0) is 11.3 Å². The van der Waals surface area contributed by atoms with Gasteiger partial charge in [-0.1, -0.05) is 36.8 Å². The van der Waals surface area contributed by atoms with Crippen LogP contribution in [0.15, 0.2) is 30.3 Å².